The lowest BCUT2D eigenvalue weighted by Gasteiger charge is -1.98. The van der Waals surface area contributed by atoms with Gasteiger partial charge in [0.1, 0.15) is 0 Å². The summed E-state index contributed by atoms with van der Waals surface area (Å²) in [4.78, 5) is 1.42. The maximum Gasteiger partial charge on any atom is 0.0170 e. The minimum Gasteiger partial charge on any atom is -0.121 e. The molecule has 68 valence electrons. The summed E-state index contributed by atoms with van der Waals surface area (Å²) in [5, 5.41) is 2.79. The van der Waals surface area contributed by atoms with Crippen LogP contribution in [0.15, 0.2) is 35.3 Å². The molecule has 14 heavy (non-hydrogen) atoms. The molecule has 0 saturated heterocycles. The Bertz CT molecular complexity index is 547. The van der Waals surface area contributed by atoms with Gasteiger partial charge in [-0.05, 0) is 22.1 Å². The summed E-state index contributed by atoms with van der Waals surface area (Å²) in [5.41, 5.74) is 1.33. The van der Waals surface area contributed by atoms with E-state index in [2.05, 4.69) is 48.6 Å². The van der Waals surface area contributed by atoms with Crippen LogP contribution < -0.4 is 10.4 Å². The molecule has 0 atom stereocenters. The largest absolute Gasteiger partial charge is 0.121 e. The van der Waals surface area contributed by atoms with Crippen LogP contribution in [0.3, 0.4) is 0 Å². The predicted molar refractivity (Wildman–Crippen MR) is 63.5 cm³/mol. The molecule has 1 aromatic rings. The van der Waals surface area contributed by atoms with E-state index in [0.717, 1.165) is 5.75 Å². The molecule has 0 nitrogen and oxygen atoms in total. The Morgan fingerprint density at radius 1 is 1.00 bits per heavy atom. The number of thioether (sulfide) groups is 1. The van der Waals surface area contributed by atoms with Gasteiger partial charge < -0.3 is 0 Å². The van der Waals surface area contributed by atoms with Crippen molar-refractivity contribution < 1.29 is 0 Å². The van der Waals surface area contributed by atoms with E-state index in [0.29, 0.717) is 0 Å². The average molecular weight is 198 g/mol. The summed E-state index contributed by atoms with van der Waals surface area (Å²) >= 11 is 1.92. The number of benzene rings is 1. The van der Waals surface area contributed by atoms with Crippen LogP contribution in [0.1, 0.15) is 5.56 Å². The molecule has 1 aliphatic heterocycles. The van der Waals surface area contributed by atoms with Crippen LogP contribution in [0.2, 0.25) is 0 Å². The molecule has 1 aromatic carbocycles. The summed E-state index contributed by atoms with van der Waals surface area (Å²) in [6.45, 7) is 0. The van der Waals surface area contributed by atoms with Gasteiger partial charge in [0, 0.05) is 10.6 Å². The molecule has 2 aliphatic rings. The lowest BCUT2D eigenvalue weighted by atomic mass is 10.1. The van der Waals surface area contributed by atoms with Crippen LogP contribution in [0, 0.1) is 0 Å². The first-order valence-electron chi connectivity index (χ1n) is 4.76. The third-order valence-corrected chi connectivity index (χ3v) is 3.57. The van der Waals surface area contributed by atoms with Crippen molar-refractivity contribution in [3.8, 4) is 0 Å². The third kappa shape index (κ3) is 1.17. The lowest BCUT2D eigenvalue weighted by molar-refractivity contribution is 1.34. The first-order chi connectivity index (χ1) is 6.95. The maximum atomic E-state index is 2.32. The molecule has 0 bridgehead atoms. The van der Waals surface area contributed by atoms with Crippen LogP contribution in [-0.2, 0) is 0 Å². The summed E-state index contributed by atoms with van der Waals surface area (Å²) in [6.07, 6.45) is 13.0. The summed E-state index contributed by atoms with van der Waals surface area (Å²) in [7, 11) is 0. The molecule has 0 fully saturated rings. The third-order valence-electron chi connectivity index (χ3n) is 2.57. The van der Waals surface area contributed by atoms with Gasteiger partial charge in [-0.25, -0.2) is 0 Å². The smallest absolute Gasteiger partial charge is 0.0170 e. The normalized spacial score (nSPS) is 16.6. The first-order valence-corrected chi connectivity index (χ1v) is 5.75. The Balaban J connectivity index is 2.47. The number of hydrogen-bond donors (Lipinski definition) is 0. The molecule has 0 radical (unpaired) electrons. The Morgan fingerprint density at radius 2 is 2.00 bits per heavy atom. The Kier molecular flexibility index (Phi) is 1.84. The first kappa shape index (κ1) is 8.13. The van der Waals surface area contributed by atoms with Crippen molar-refractivity contribution in [2.24, 2.45) is 0 Å². The molecule has 0 N–H and O–H groups in total. The van der Waals surface area contributed by atoms with Crippen LogP contribution in [0.5, 0.6) is 0 Å². The fourth-order valence-electron chi connectivity index (χ4n) is 1.89. The summed E-state index contributed by atoms with van der Waals surface area (Å²) < 4.78 is 0. The topological polar surface area (TPSA) is 0 Å². The maximum absolute atomic E-state index is 2.32. The molecule has 1 aliphatic carbocycles. The van der Waals surface area contributed by atoms with Gasteiger partial charge in [-0.1, -0.05) is 42.5 Å². The van der Waals surface area contributed by atoms with Gasteiger partial charge in [0.15, 0.2) is 0 Å². The highest BCUT2D eigenvalue weighted by Crippen LogP contribution is 2.17. The second-order valence-electron chi connectivity index (χ2n) is 3.41. The number of allylic oxidation sites excluding steroid dienone is 3. The molecule has 0 amide bonds. The molecular weight excluding hydrogens is 188 g/mol. The Labute approximate surface area is 87.3 Å². The summed E-state index contributed by atoms with van der Waals surface area (Å²) in [5.74, 6) is 1.12. The number of rotatable bonds is 0. The summed E-state index contributed by atoms with van der Waals surface area (Å²) in [6, 6.07) is 4.44. The van der Waals surface area contributed by atoms with Gasteiger partial charge in [0.25, 0.3) is 0 Å². The molecule has 0 spiro atoms. The van der Waals surface area contributed by atoms with Gasteiger partial charge in [-0.15, -0.1) is 11.8 Å². The molecular formula is C13H10S. The van der Waals surface area contributed by atoms with E-state index in [1.807, 2.05) is 11.8 Å². The molecule has 1 heterocycles. The van der Waals surface area contributed by atoms with E-state index in [1.54, 1.807) is 0 Å². The SMILES string of the molecule is C1=CC=c2c(ccc3c2=CCS3)C=C1. The van der Waals surface area contributed by atoms with Gasteiger partial charge in [0.05, 0.1) is 0 Å². The monoisotopic (exact) mass is 198 g/mol. The minimum atomic E-state index is 1.12. The van der Waals surface area contributed by atoms with Crippen molar-refractivity contribution in [1.29, 1.82) is 0 Å². The molecule has 0 unspecified atom stereocenters. The van der Waals surface area contributed by atoms with E-state index in [9.17, 15) is 0 Å². The molecule has 3 rings (SSSR count). The van der Waals surface area contributed by atoms with Gasteiger partial charge in [-0.2, -0.15) is 0 Å². The molecule has 0 saturated carbocycles. The molecule has 1 heteroatoms. The zero-order chi connectivity index (χ0) is 9.38. The second-order valence-corrected chi connectivity index (χ2v) is 4.47. The zero-order valence-corrected chi connectivity index (χ0v) is 8.55. The van der Waals surface area contributed by atoms with Crippen molar-refractivity contribution in [3.63, 3.8) is 0 Å². The van der Waals surface area contributed by atoms with Gasteiger partial charge in [-0.3, -0.25) is 0 Å². The standard InChI is InChI=1S/C13H10S/c1-2-4-10-6-7-13-12(8-9-14-13)11(10)5-3-1/h1-8H,9H2. The van der Waals surface area contributed by atoms with E-state index in [4.69, 9.17) is 0 Å². The highest BCUT2D eigenvalue weighted by atomic mass is 32.2. The van der Waals surface area contributed by atoms with Crippen molar-refractivity contribution in [3.05, 3.63) is 46.4 Å². The Morgan fingerprint density at radius 3 is 3.00 bits per heavy atom. The fourth-order valence-corrected chi connectivity index (χ4v) is 2.83. The van der Waals surface area contributed by atoms with E-state index in [-0.39, 0.29) is 0 Å². The number of hydrogen-bond acceptors (Lipinski definition) is 1. The number of fused-ring (bicyclic) bond motifs is 3. The highest BCUT2D eigenvalue weighted by molar-refractivity contribution is 7.99. The Hall–Kier alpha value is -1.21. The van der Waals surface area contributed by atoms with Crippen molar-refractivity contribution in [2.75, 3.05) is 5.75 Å². The van der Waals surface area contributed by atoms with Crippen LogP contribution in [-0.4, -0.2) is 5.75 Å². The van der Waals surface area contributed by atoms with Crippen LogP contribution >= 0.6 is 11.8 Å². The van der Waals surface area contributed by atoms with Gasteiger partial charge in [0.2, 0.25) is 0 Å². The van der Waals surface area contributed by atoms with Crippen LogP contribution in [0.4, 0.5) is 0 Å². The zero-order valence-electron chi connectivity index (χ0n) is 7.73. The van der Waals surface area contributed by atoms with Crippen LogP contribution in [0.25, 0.3) is 18.2 Å². The second kappa shape index (κ2) is 3.18. The van der Waals surface area contributed by atoms with E-state index < -0.39 is 0 Å². The van der Waals surface area contributed by atoms with Crippen molar-refractivity contribution >= 4 is 30.0 Å². The lowest BCUT2D eigenvalue weighted by Crippen LogP contribution is -2.27. The highest BCUT2D eigenvalue weighted by Gasteiger charge is 2.05. The quantitative estimate of drug-likeness (QED) is 0.614. The van der Waals surface area contributed by atoms with Crippen molar-refractivity contribution in [1.82, 2.24) is 0 Å². The van der Waals surface area contributed by atoms with E-state index >= 15 is 0 Å². The fraction of sp³-hybridized carbons (Fsp3) is 0.0769. The van der Waals surface area contributed by atoms with E-state index in [1.165, 1.54) is 20.9 Å². The predicted octanol–water partition coefficient (Wildman–Crippen LogP) is 1.94. The van der Waals surface area contributed by atoms with Gasteiger partial charge >= 0.3 is 0 Å². The average Bonchev–Trinajstić information content (AvgIpc) is 2.55. The van der Waals surface area contributed by atoms with Crippen molar-refractivity contribution in [2.45, 2.75) is 4.90 Å². The minimum absolute atomic E-state index is 1.12. The molecule has 0 aromatic heterocycles.